The van der Waals surface area contributed by atoms with Gasteiger partial charge in [0, 0.05) is 12.5 Å². The van der Waals surface area contributed by atoms with Crippen LogP contribution in [-0.4, -0.2) is 14.8 Å². The van der Waals surface area contributed by atoms with E-state index in [-0.39, 0.29) is 5.82 Å². The van der Waals surface area contributed by atoms with Gasteiger partial charge in [-0.15, -0.1) is 10.2 Å². The number of alkyl halides is 1. The molecular formula is C13H13BrFN3. The third-order valence-corrected chi connectivity index (χ3v) is 3.62. The minimum atomic E-state index is -0.203. The van der Waals surface area contributed by atoms with Crippen molar-refractivity contribution in [2.75, 3.05) is 0 Å². The maximum atomic E-state index is 13.2. The lowest BCUT2D eigenvalue weighted by Gasteiger charge is -2.07. The summed E-state index contributed by atoms with van der Waals surface area (Å²) in [6.45, 7) is 0. The first-order valence-corrected chi connectivity index (χ1v) is 7.13. The molecule has 0 atom stereocenters. The van der Waals surface area contributed by atoms with E-state index < -0.39 is 0 Å². The van der Waals surface area contributed by atoms with E-state index in [0.717, 1.165) is 17.2 Å². The molecule has 1 fully saturated rings. The van der Waals surface area contributed by atoms with E-state index >= 15 is 0 Å². The average Bonchev–Trinajstić information content (AvgIpc) is 3.11. The van der Waals surface area contributed by atoms with E-state index in [4.69, 9.17) is 0 Å². The summed E-state index contributed by atoms with van der Waals surface area (Å²) in [4.78, 5) is 0. The second-order valence-electron chi connectivity index (χ2n) is 4.57. The highest BCUT2D eigenvalue weighted by molar-refractivity contribution is 9.08. The van der Waals surface area contributed by atoms with Gasteiger partial charge in [-0.25, -0.2) is 4.39 Å². The van der Waals surface area contributed by atoms with Crippen molar-refractivity contribution in [2.24, 2.45) is 0 Å². The standard InChI is InChI=1S/C13H13BrFN3/c14-8-13-17-16-12(18(13)11-4-5-11)7-9-2-1-3-10(15)6-9/h1-3,6,11H,4-5,7-8H2. The zero-order chi connectivity index (χ0) is 12.5. The zero-order valence-electron chi connectivity index (χ0n) is 9.81. The summed E-state index contributed by atoms with van der Waals surface area (Å²) in [5.41, 5.74) is 0.936. The molecule has 0 aliphatic heterocycles. The van der Waals surface area contributed by atoms with Gasteiger partial charge in [0.2, 0.25) is 0 Å². The number of hydrogen-bond donors (Lipinski definition) is 0. The van der Waals surface area contributed by atoms with Crippen molar-refractivity contribution < 1.29 is 4.39 Å². The number of hydrogen-bond acceptors (Lipinski definition) is 2. The second-order valence-corrected chi connectivity index (χ2v) is 5.13. The van der Waals surface area contributed by atoms with Gasteiger partial charge in [0.15, 0.2) is 0 Å². The van der Waals surface area contributed by atoms with E-state index in [9.17, 15) is 4.39 Å². The van der Waals surface area contributed by atoms with Crippen LogP contribution in [0.1, 0.15) is 36.1 Å². The molecule has 0 unspecified atom stereocenters. The highest BCUT2D eigenvalue weighted by Gasteiger charge is 2.28. The highest BCUT2D eigenvalue weighted by atomic mass is 79.9. The van der Waals surface area contributed by atoms with Crippen LogP contribution in [0.3, 0.4) is 0 Å². The summed E-state index contributed by atoms with van der Waals surface area (Å²) < 4.78 is 15.4. The van der Waals surface area contributed by atoms with Crippen molar-refractivity contribution in [3.63, 3.8) is 0 Å². The predicted octanol–water partition coefficient (Wildman–Crippen LogP) is 3.24. The molecule has 1 aliphatic carbocycles. The molecular weight excluding hydrogens is 297 g/mol. The molecule has 1 aromatic heterocycles. The summed E-state index contributed by atoms with van der Waals surface area (Å²) in [5, 5.41) is 9.13. The van der Waals surface area contributed by atoms with Crippen LogP contribution in [0.25, 0.3) is 0 Å². The van der Waals surface area contributed by atoms with Gasteiger partial charge in [0.1, 0.15) is 17.5 Å². The summed E-state index contributed by atoms with van der Waals surface area (Å²) >= 11 is 3.43. The fourth-order valence-electron chi connectivity index (χ4n) is 2.16. The monoisotopic (exact) mass is 309 g/mol. The summed E-state index contributed by atoms with van der Waals surface area (Å²) in [6, 6.07) is 7.20. The number of benzene rings is 1. The molecule has 1 aromatic carbocycles. The van der Waals surface area contributed by atoms with E-state index in [1.807, 2.05) is 6.07 Å². The molecule has 0 spiro atoms. The van der Waals surface area contributed by atoms with Gasteiger partial charge < -0.3 is 4.57 Å². The van der Waals surface area contributed by atoms with Crippen molar-refractivity contribution in [1.82, 2.24) is 14.8 Å². The molecule has 0 radical (unpaired) electrons. The summed E-state index contributed by atoms with van der Waals surface area (Å²) in [6.07, 6.45) is 3.01. The van der Waals surface area contributed by atoms with Gasteiger partial charge in [-0.1, -0.05) is 28.1 Å². The summed E-state index contributed by atoms with van der Waals surface area (Å²) in [5.74, 6) is 1.69. The molecule has 1 saturated carbocycles. The van der Waals surface area contributed by atoms with Gasteiger partial charge in [0.25, 0.3) is 0 Å². The van der Waals surface area contributed by atoms with Gasteiger partial charge >= 0.3 is 0 Å². The Morgan fingerprint density at radius 3 is 2.72 bits per heavy atom. The molecule has 3 rings (SSSR count). The van der Waals surface area contributed by atoms with Crippen LogP contribution < -0.4 is 0 Å². The largest absolute Gasteiger partial charge is 0.311 e. The fraction of sp³-hybridized carbons (Fsp3) is 0.385. The number of aromatic nitrogens is 3. The van der Waals surface area contributed by atoms with Crippen molar-refractivity contribution in [2.45, 2.75) is 30.6 Å². The lowest BCUT2D eigenvalue weighted by Crippen LogP contribution is -2.05. The lowest BCUT2D eigenvalue weighted by atomic mass is 10.1. The van der Waals surface area contributed by atoms with E-state index in [1.54, 1.807) is 12.1 Å². The molecule has 0 bridgehead atoms. The first-order chi connectivity index (χ1) is 8.78. The summed E-state index contributed by atoms with van der Waals surface area (Å²) in [7, 11) is 0. The minimum absolute atomic E-state index is 0.203. The third kappa shape index (κ3) is 2.32. The molecule has 18 heavy (non-hydrogen) atoms. The van der Waals surface area contributed by atoms with Crippen LogP contribution in [-0.2, 0) is 11.8 Å². The second kappa shape index (κ2) is 4.80. The average molecular weight is 310 g/mol. The number of halogens is 2. The van der Waals surface area contributed by atoms with E-state index in [0.29, 0.717) is 17.8 Å². The minimum Gasteiger partial charge on any atom is -0.311 e. The Hall–Kier alpha value is -1.23. The molecule has 5 heteroatoms. The van der Waals surface area contributed by atoms with Gasteiger partial charge in [-0.2, -0.15) is 0 Å². The number of rotatable bonds is 4. The van der Waals surface area contributed by atoms with Gasteiger partial charge in [0.05, 0.1) is 5.33 Å². The van der Waals surface area contributed by atoms with Crippen molar-refractivity contribution >= 4 is 15.9 Å². The van der Waals surface area contributed by atoms with Crippen molar-refractivity contribution in [3.05, 3.63) is 47.3 Å². The fourth-order valence-corrected chi connectivity index (χ4v) is 2.54. The molecule has 0 saturated heterocycles. The zero-order valence-corrected chi connectivity index (χ0v) is 11.4. The Balaban J connectivity index is 1.90. The molecule has 94 valence electrons. The van der Waals surface area contributed by atoms with Crippen LogP contribution in [0.5, 0.6) is 0 Å². The first kappa shape index (κ1) is 11.8. The molecule has 1 aliphatic rings. The third-order valence-electron chi connectivity index (χ3n) is 3.12. The topological polar surface area (TPSA) is 30.7 Å². The van der Waals surface area contributed by atoms with Crippen LogP contribution in [0.15, 0.2) is 24.3 Å². The van der Waals surface area contributed by atoms with Crippen molar-refractivity contribution in [1.29, 1.82) is 0 Å². The Morgan fingerprint density at radius 2 is 2.06 bits per heavy atom. The maximum absolute atomic E-state index is 13.2. The Labute approximate surface area is 113 Å². The Morgan fingerprint density at radius 1 is 1.28 bits per heavy atom. The molecule has 0 N–H and O–H groups in total. The van der Waals surface area contributed by atoms with E-state index in [2.05, 4.69) is 30.7 Å². The lowest BCUT2D eigenvalue weighted by molar-refractivity contribution is 0.624. The predicted molar refractivity (Wildman–Crippen MR) is 70.1 cm³/mol. The first-order valence-electron chi connectivity index (χ1n) is 6.01. The van der Waals surface area contributed by atoms with Crippen LogP contribution in [0.2, 0.25) is 0 Å². The SMILES string of the molecule is Fc1cccc(Cc2nnc(CBr)n2C2CC2)c1. The normalized spacial score (nSPS) is 15.0. The van der Waals surface area contributed by atoms with Crippen LogP contribution in [0.4, 0.5) is 4.39 Å². The Kier molecular flexibility index (Phi) is 3.16. The van der Waals surface area contributed by atoms with Gasteiger partial charge in [-0.3, -0.25) is 0 Å². The van der Waals surface area contributed by atoms with Crippen LogP contribution in [0, 0.1) is 5.82 Å². The van der Waals surface area contributed by atoms with Crippen LogP contribution >= 0.6 is 15.9 Å². The smallest absolute Gasteiger partial charge is 0.143 e. The highest BCUT2D eigenvalue weighted by Crippen LogP contribution is 2.37. The molecule has 2 aromatic rings. The van der Waals surface area contributed by atoms with Gasteiger partial charge in [-0.05, 0) is 30.5 Å². The molecule has 0 amide bonds. The van der Waals surface area contributed by atoms with E-state index in [1.165, 1.54) is 18.9 Å². The maximum Gasteiger partial charge on any atom is 0.143 e. The van der Waals surface area contributed by atoms with Crippen molar-refractivity contribution in [3.8, 4) is 0 Å². The molecule has 3 nitrogen and oxygen atoms in total. The molecule has 1 heterocycles. The Bertz CT molecular complexity index is 563. The quantitative estimate of drug-likeness (QED) is 0.812. The number of nitrogens with zero attached hydrogens (tertiary/aromatic N) is 3.